The van der Waals surface area contributed by atoms with Crippen LogP contribution in [0.3, 0.4) is 0 Å². The van der Waals surface area contributed by atoms with Crippen molar-refractivity contribution in [2.45, 2.75) is 52.2 Å². The number of thiol groups is 1. The molecule has 1 fully saturated rings. The molecule has 1 saturated heterocycles. The predicted molar refractivity (Wildman–Crippen MR) is 82.2 cm³/mol. The molecule has 0 N–H and O–H groups in total. The Kier molecular flexibility index (Phi) is 11.5. The number of nitrogens with zero attached hydrogens (tertiary/aromatic N) is 2. The molecule has 1 aliphatic rings. The van der Waals surface area contributed by atoms with Crippen LogP contribution in [0.15, 0.2) is 0 Å². The maximum atomic E-state index is 4.44. The quantitative estimate of drug-likeness (QED) is 0.579. The van der Waals surface area contributed by atoms with Gasteiger partial charge in [-0.15, -0.1) is 0 Å². The van der Waals surface area contributed by atoms with Gasteiger partial charge in [-0.2, -0.15) is 12.6 Å². The predicted octanol–water partition coefficient (Wildman–Crippen LogP) is 3.14. The summed E-state index contributed by atoms with van der Waals surface area (Å²) in [5.74, 6) is 0. The van der Waals surface area contributed by atoms with Crippen molar-refractivity contribution in [1.82, 2.24) is 9.80 Å². The number of unbranched alkanes of at least 4 members (excludes halogenated alkanes) is 2. The van der Waals surface area contributed by atoms with E-state index in [0.29, 0.717) is 5.25 Å². The molecule has 0 aliphatic carbocycles. The van der Waals surface area contributed by atoms with Crippen molar-refractivity contribution in [2.24, 2.45) is 0 Å². The van der Waals surface area contributed by atoms with Crippen molar-refractivity contribution < 1.29 is 0 Å². The zero-order valence-electron chi connectivity index (χ0n) is 12.3. The van der Waals surface area contributed by atoms with E-state index >= 15 is 0 Å². The maximum Gasteiger partial charge on any atom is 0.0116 e. The third-order valence-electron chi connectivity index (χ3n) is 3.07. The van der Waals surface area contributed by atoms with Crippen LogP contribution in [0.4, 0.5) is 0 Å². The molecule has 104 valence electrons. The van der Waals surface area contributed by atoms with Gasteiger partial charge in [0, 0.05) is 38.0 Å². The van der Waals surface area contributed by atoms with Gasteiger partial charge in [0.1, 0.15) is 0 Å². The Morgan fingerprint density at radius 2 is 1.53 bits per heavy atom. The fraction of sp³-hybridized carbons (Fsp3) is 1.00. The number of hydrogen-bond acceptors (Lipinski definition) is 3. The zero-order valence-corrected chi connectivity index (χ0v) is 13.2. The minimum absolute atomic E-state index is 0.511. The zero-order chi connectivity index (χ0) is 13.1. The van der Waals surface area contributed by atoms with Gasteiger partial charge in [0.05, 0.1) is 0 Å². The molecule has 0 radical (unpaired) electrons. The first-order chi connectivity index (χ1) is 8.22. The van der Waals surface area contributed by atoms with E-state index in [1.54, 1.807) is 0 Å². The minimum Gasteiger partial charge on any atom is -0.301 e. The summed E-state index contributed by atoms with van der Waals surface area (Å²) in [6.07, 6.45) is 4.09. The highest BCUT2D eigenvalue weighted by molar-refractivity contribution is 7.80. The number of hydrogen-bond donors (Lipinski definition) is 1. The van der Waals surface area contributed by atoms with Gasteiger partial charge >= 0.3 is 0 Å². The first kappa shape index (κ1) is 17.3. The van der Waals surface area contributed by atoms with Crippen molar-refractivity contribution >= 4 is 12.6 Å². The Balaban J connectivity index is 0.00000121. The summed E-state index contributed by atoms with van der Waals surface area (Å²) in [4.78, 5) is 5.14. The molecule has 3 heteroatoms. The topological polar surface area (TPSA) is 6.48 Å². The molecule has 1 rings (SSSR count). The summed E-state index contributed by atoms with van der Waals surface area (Å²) in [5, 5.41) is 0.511. The smallest absolute Gasteiger partial charge is 0.0116 e. The van der Waals surface area contributed by atoms with E-state index in [1.807, 2.05) is 13.8 Å². The first-order valence-electron chi connectivity index (χ1n) is 7.35. The van der Waals surface area contributed by atoms with E-state index in [4.69, 9.17) is 0 Å². The number of rotatable bonds is 6. The Bertz CT molecular complexity index is 154. The third kappa shape index (κ3) is 8.92. The molecule has 0 aromatic carbocycles. The van der Waals surface area contributed by atoms with Crippen LogP contribution in [0, 0.1) is 0 Å². The summed E-state index contributed by atoms with van der Waals surface area (Å²) < 4.78 is 0. The number of piperazine rings is 1. The van der Waals surface area contributed by atoms with Crippen molar-refractivity contribution in [3.05, 3.63) is 0 Å². The van der Waals surface area contributed by atoms with Gasteiger partial charge in [-0.3, -0.25) is 4.90 Å². The van der Waals surface area contributed by atoms with Crippen LogP contribution in [-0.4, -0.2) is 54.3 Å². The van der Waals surface area contributed by atoms with Crippen molar-refractivity contribution in [3.8, 4) is 0 Å². The summed E-state index contributed by atoms with van der Waals surface area (Å²) in [5.41, 5.74) is 0. The summed E-state index contributed by atoms with van der Waals surface area (Å²) in [6.45, 7) is 15.9. The largest absolute Gasteiger partial charge is 0.301 e. The lowest BCUT2D eigenvalue weighted by molar-refractivity contribution is 0.132. The van der Waals surface area contributed by atoms with Crippen LogP contribution in [0.2, 0.25) is 0 Å². The highest BCUT2D eigenvalue weighted by Gasteiger charge is 2.16. The molecule has 0 amide bonds. The minimum atomic E-state index is 0.511. The average molecular weight is 260 g/mol. The van der Waals surface area contributed by atoms with Gasteiger partial charge in [0.2, 0.25) is 0 Å². The van der Waals surface area contributed by atoms with Crippen LogP contribution in [0.25, 0.3) is 0 Å². The third-order valence-corrected chi connectivity index (χ3v) is 3.23. The lowest BCUT2D eigenvalue weighted by Crippen LogP contribution is -2.47. The van der Waals surface area contributed by atoms with E-state index in [2.05, 4.69) is 36.3 Å². The van der Waals surface area contributed by atoms with Crippen LogP contribution in [-0.2, 0) is 0 Å². The maximum absolute atomic E-state index is 4.44. The van der Waals surface area contributed by atoms with E-state index in [0.717, 1.165) is 6.54 Å². The van der Waals surface area contributed by atoms with Gasteiger partial charge < -0.3 is 4.90 Å². The first-order valence-corrected chi connectivity index (χ1v) is 7.86. The van der Waals surface area contributed by atoms with E-state index in [-0.39, 0.29) is 0 Å². The van der Waals surface area contributed by atoms with Gasteiger partial charge in [-0.1, -0.05) is 40.5 Å². The second-order valence-corrected chi connectivity index (χ2v) is 5.58. The molecule has 1 aliphatic heterocycles. The fourth-order valence-electron chi connectivity index (χ4n) is 2.15. The van der Waals surface area contributed by atoms with Crippen LogP contribution in [0.5, 0.6) is 0 Å². The SMILES string of the molecule is CC.CCCCCN1CCN(CC(C)S)CC1. The molecule has 0 aromatic heterocycles. The Morgan fingerprint density at radius 3 is 2.00 bits per heavy atom. The monoisotopic (exact) mass is 260 g/mol. The molecule has 0 saturated carbocycles. The second kappa shape index (κ2) is 11.4. The summed E-state index contributed by atoms with van der Waals surface area (Å²) in [6, 6.07) is 0. The van der Waals surface area contributed by atoms with E-state index in [9.17, 15) is 0 Å². The molecular weight excluding hydrogens is 228 g/mol. The van der Waals surface area contributed by atoms with Gasteiger partial charge in [-0.25, -0.2) is 0 Å². The molecular formula is C14H32N2S. The van der Waals surface area contributed by atoms with Gasteiger partial charge in [0.25, 0.3) is 0 Å². The highest BCUT2D eigenvalue weighted by atomic mass is 32.1. The van der Waals surface area contributed by atoms with Gasteiger partial charge in [0.15, 0.2) is 0 Å². The molecule has 1 atom stereocenters. The van der Waals surface area contributed by atoms with Crippen molar-refractivity contribution in [1.29, 1.82) is 0 Å². The van der Waals surface area contributed by atoms with E-state index < -0.39 is 0 Å². The molecule has 1 heterocycles. The van der Waals surface area contributed by atoms with Crippen molar-refractivity contribution in [3.63, 3.8) is 0 Å². The van der Waals surface area contributed by atoms with Gasteiger partial charge in [-0.05, 0) is 13.0 Å². The normalized spacial score (nSPS) is 19.6. The lowest BCUT2D eigenvalue weighted by Gasteiger charge is -2.35. The van der Waals surface area contributed by atoms with Crippen LogP contribution >= 0.6 is 12.6 Å². The lowest BCUT2D eigenvalue weighted by atomic mass is 10.2. The Morgan fingerprint density at radius 1 is 1.00 bits per heavy atom. The standard InChI is InChI=1S/C12H26N2S.C2H6/c1-3-4-5-6-13-7-9-14(10-8-13)11-12(2)15;1-2/h12,15H,3-11H2,1-2H3;1-2H3. The molecule has 0 spiro atoms. The summed E-state index contributed by atoms with van der Waals surface area (Å²) >= 11 is 4.44. The Labute approximate surface area is 114 Å². The van der Waals surface area contributed by atoms with Crippen LogP contribution in [0.1, 0.15) is 47.0 Å². The average Bonchev–Trinajstić information content (AvgIpc) is 2.34. The Hall–Kier alpha value is 0.270. The fourth-order valence-corrected chi connectivity index (χ4v) is 2.39. The summed E-state index contributed by atoms with van der Waals surface area (Å²) in [7, 11) is 0. The van der Waals surface area contributed by atoms with Crippen molar-refractivity contribution in [2.75, 3.05) is 39.3 Å². The molecule has 2 nitrogen and oxygen atoms in total. The molecule has 0 aromatic rings. The highest BCUT2D eigenvalue weighted by Crippen LogP contribution is 2.06. The van der Waals surface area contributed by atoms with Crippen LogP contribution < -0.4 is 0 Å². The molecule has 0 bridgehead atoms. The second-order valence-electron chi connectivity index (χ2n) is 4.70. The molecule has 1 unspecified atom stereocenters. The molecule has 17 heavy (non-hydrogen) atoms. The van der Waals surface area contributed by atoms with E-state index in [1.165, 1.54) is 52.0 Å².